The second-order valence-electron chi connectivity index (χ2n) is 4.08. The summed E-state index contributed by atoms with van der Waals surface area (Å²) < 4.78 is 13.3. The molecule has 0 heterocycles. The molecule has 4 heteroatoms. The standard InChI is InChI=1S/C14H12Cl2FN/c15-10-4-1-3-9(7-10)8-13(18)11-5-2-6-12(17)14(11)16/h1-7,13H,8,18H2. The number of nitrogens with two attached hydrogens (primary N) is 1. The van der Waals surface area contributed by atoms with Crippen LogP contribution < -0.4 is 5.73 Å². The summed E-state index contributed by atoms with van der Waals surface area (Å²) in [5.74, 6) is -0.448. The van der Waals surface area contributed by atoms with Crippen LogP contribution in [0.4, 0.5) is 4.39 Å². The highest BCUT2D eigenvalue weighted by molar-refractivity contribution is 6.31. The van der Waals surface area contributed by atoms with Gasteiger partial charge in [-0.25, -0.2) is 4.39 Å². The van der Waals surface area contributed by atoms with Gasteiger partial charge in [0.1, 0.15) is 5.82 Å². The van der Waals surface area contributed by atoms with Crippen LogP contribution >= 0.6 is 23.2 Å². The lowest BCUT2D eigenvalue weighted by Crippen LogP contribution is -2.14. The highest BCUT2D eigenvalue weighted by Crippen LogP contribution is 2.26. The van der Waals surface area contributed by atoms with E-state index in [1.807, 2.05) is 18.2 Å². The normalized spacial score (nSPS) is 12.4. The average Bonchev–Trinajstić information content (AvgIpc) is 2.32. The van der Waals surface area contributed by atoms with E-state index in [9.17, 15) is 4.39 Å². The maximum absolute atomic E-state index is 13.3. The first kappa shape index (κ1) is 13.3. The van der Waals surface area contributed by atoms with E-state index in [1.54, 1.807) is 18.2 Å². The number of hydrogen-bond acceptors (Lipinski definition) is 1. The Balaban J connectivity index is 2.22. The fourth-order valence-corrected chi connectivity index (χ4v) is 2.31. The van der Waals surface area contributed by atoms with Crippen LogP contribution in [-0.4, -0.2) is 0 Å². The molecule has 94 valence electrons. The topological polar surface area (TPSA) is 26.0 Å². The van der Waals surface area contributed by atoms with Gasteiger partial charge in [0.05, 0.1) is 5.02 Å². The molecule has 2 aromatic carbocycles. The van der Waals surface area contributed by atoms with Gasteiger partial charge in [-0.15, -0.1) is 0 Å². The van der Waals surface area contributed by atoms with Crippen molar-refractivity contribution in [3.05, 3.63) is 69.5 Å². The molecule has 2 rings (SSSR count). The lowest BCUT2D eigenvalue weighted by atomic mass is 9.99. The van der Waals surface area contributed by atoms with Gasteiger partial charge in [0.15, 0.2) is 0 Å². The molecule has 0 saturated heterocycles. The molecular weight excluding hydrogens is 272 g/mol. The molecule has 2 N–H and O–H groups in total. The van der Waals surface area contributed by atoms with Crippen LogP contribution in [0.25, 0.3) is 0 Å². The van der Waals surface area contributed by atoms with Gasteiger partial charge in [-0.2, -0.15) is 0 Å². The highest BCUT2D eigenvalue weighted by atomic mass is 35.5. The van der Waals surface area contributed by atoms with Crippen LogP contribution in [0.15, 0.2) is 42.5 Å². The molecule has 18 heavy (non-hydrogen) atoms. The van der Waals surface area contributed by atoms with E-state index in [0.717, 1.165) is 5.56 Å². The zero-order chi connectivity index (χ0) is 13.1. The predicted octanol–water partition coefficient (Wildman–Crippen LogP) is 4.38. The van der Waals surface area contributed by atoms with E-state index < -0.39 is 5.82 Å². The van der Waals surface area contributed by atoms with Crippen molar-refractivity contribution in [3.63, 3.8) is 0 Å². The fraction of sp³-hybridized carbons (Fsp3) is 0.143. The molecule has 0 aliphatic rings. The van der Waals surface area contributed by atoms with Crippen molar-refractivity contribution in [2.45, 2.75) is 12.5 Å². The van der Waals surface area contributed by atoms with Gasteiger partial charge in [0.25, 0.3) is 0 Å². The van der Waals surface area contributed by atoms with Gasteiger partial charge in [-0.1, -0.05) is 47.5 Å². The Morgan fingerprint density at radius 3 is 2.56 bits per heavy atom. The summed E-state index contributed by atoms with van der Waals surface area (Å²) >= 11 is 11.8. The largest absolute Gasteiger partial charge is 0.324 e. The Morgan fingerprint density at radius 2 is 1.83 bits per heavy atom. The summed E-state index contributed by atoms with van der Waals surface area (Å²) in [6, 6.07) is 11.7. The summed E-state index contributed by atoms with van der Waals surface area (Å²) in [5.41, 5.74) is 7.66. The molecule has 0 spiro atoms. The monoisotopic (exact) mass is 283 g/mol. The zero-order valence-corrected chi connectivity index (χ0v) is 11.0. The maximum atomic E-state index is 13.3. The summed E-state index contributed by atoms with van der Waals surface area (Å²) in [5, 5.41) is 0.747. The predicted molar refractivity (Wildman–Crippen MR) is 73.5 cm³/mol. The molecule has 2 aromatic rings. The van der Waals surface area contributed by atoms with Crippen LogP contribution in [0.1, 0.15) is 17.2 Å². The number of benzene rings is 2. The van der Waals surface area contributed by atoms with Crippen molar-refractivity contribution >= 4 is 23.2 Å². The second kappa shape index (κ2) is 5.70. The minimum absolute atomic E-state index is 0.0898. The van der Waals surface area contributed by atoms with Gasteiger partial charge in [0.2, 0.25) is 0 Å². The minimum Gasteiger partial charge on any atom is -0.324 e. The Kier molecular flexibility index (Phi) is 4.23. The molecule has 0 saturated carbocycles. The van der Waals surface area contributed by atoms with Crippen molar-refractivity contribution < 1.29 is 4.39 Å². The highest BCUT2D eigenvalue weighted by Gasteiger charge is 2.13. The van der Waals surface area contributed by atoms with E-state index in [2.05, 4.69) is 0 Å². The van der Waals surface area contributed by atoms with E-state index in [1.165, 1.54) is 6.07 Å². The van der Waals surface area contributed by atoms with E-state index in [4.69, 9.17) is 28.9 Å². The van der Waals surface area contributed by atoms with E-state index in [0.29, 0.717) is 17.0 Å². The van der Waals surface area contributed by atoms with Crippen LogP contribution in [0.2, 0.25) is 10.0 Å². The molecule has 0 bridgehead atoms. The third-order valence-electron chi connectivity index (χ3n) is 2.73. The average molecular weight is 284 g/mol. The van der Waals surface area contributed by atoms with Crippen LogP contribution in [0.5, 0.6) is 0 Å². The minimum atomic E-state index is -0.448. The van der Waals surface area contributed by atoms with Crippen molar-refractivity contribution in [2.24, 2.45) is 5.73 Å². The third-order valence-corrected chi connectivity index (χ3v) is 3.36. The summed E-state index contributed by atoms with van der Waals surface area (Å²) in [6.07, 6.45) is 0.559. The first-order chi connectivity index (χ1) is 8.58. The maximum Gasteiger partial charge on any atom is 0.142 e. The molecule has 0 amide bonds. The molecule has 0 aliphatic carbocycles. The van der Waals surface area contributed by atoms with Crippen molar-refractivity contribution in [1.82, 2.24) is 0 Å². The van der Waals surface area contributed by atoms with E-state index in [-0.39, 0.29) is 11.1 Å². The molecule has 0 fully saturated rings. The van der Waals surface area contributed by atoms with Crippen molar-refractivity contribution in [2.75, 3.05) is 0 Å². The Labute approximate surface area is 115 Å². The number of halogens is 3. The SMILES string of the molecule is NC(Cc1cccc(Cl)c1)c1cccc(F)c1Cl. The second-order valence-corrected chi connectivity index (χ2v) is 4.90. The van der Waals surface area contributed by atoms with Crippen LogP contribution in [-0.2, 0) is 6.42 Å². The fourth-order valence-electron chi connectivity index (χ4n) is 1.83. The van der Waals surface area contributed by atoms with Crippen LogP contribution in [0.3, 0.4) is 0 Å². The van der Waals surface area contributed by atoms with Gasteiger partial charge >= 0.3 is 0 Å². The summed E-state index contributed by atoms with van der Waals surface area (Å²) in [7, 11) is 0. The first-order valence-electron chi connectivity index (χ1n) is 5.52. The lowest BCUT2D eigenvalue weighted by Gasteiger charge is -2.14. The molecule has 0 aliphatic heterocycles. The third kappa shape index (κ3) is 3.02. The summed E-state index contributed by atoms with van der Waals surface area (Å²) in [6.45, 7) is 0. The lowest BCUT2D eigenvalue weighted by molar-refractivity contribution is 0.619. The molecule has 1 atom stereocenters. The quantitative estimate of drug-likeness (QED) is 0.889. The Morgan fingerprint density at radius 1 is 1.11 bits per heavy atom. The van der Waals surface area contributed by atoms with E-state index >= 15 is 0 Å². The molecule has 1 unspecified atom stereocenters. The zero-order valence-electron chi connectivity index (χ0n) is 9.54. The van der Waals surface area contributed by atoms with Gasteiger partial charge in [-0.3, -0.25) is 0 Å². The molecule has 1 nitrogen and oxygen atoms in total. The van der Waals surface area contributed by atoms with Gasteiger partial charge in [-0.05, 0) is 35.7 Å². The van der Waals surface area contributed by atoms with Crippen LogP contribution in [0, 0.1) is 5.82 Å². The van der Waals surface area contributed by atoms with Gasteiger partial charge in [0, 0.05) is 11.1 Å². The smallest absolute Gasteiger partial charge is 0.142 e. The van der Waals surface area contributed by atoms with Crippen molar-refractivity contribution in [1.29, 1.82) is 0 Å². The number of rotatable bonds is 3. The molecule has 0 radical (unpaired) electrons. The Bertz CT molecular complexity index is 557. The van der Waals surface area contributed by atoms with Crippen molar-refractivity contribution in [3.8, 4) is 0 Å². The van der Waals surface area contributed by atoms with Gasteiger partial charge < -0.3 is 5.73 Å². The molecule has 0 aromatic heterocycles. The first-order valence-corrected chi connectivity index (χ1v) is 6.27. The summed E-state index contributed by atoms with van der Waals surface area (Å²) in [4.78, 5) is 0. The number of hydrogen-bond donors (Lipinski definition) is 1. The molecular formula is C14H12Cl2FN. The Hall–Kier alpha value is -1.09.